The molecule has 0 atom stereocenters. The van der Waals surface area contributed by atoms with Crippen molar-refractivity contribution in [3.8, 4) is 11.5 Å². The number of para-hydroxylation sites is 1. The minimum atomic E-state index is -0.149. The summed E-state index contributed by atoms with van der Waals surface area (Å²) in [5.74, 6) is 2.17. The van der Waals surface area contributed by atoms with Crippen molar-refractivity contribution in [1.29, 1.82) is 0 Å². The number of halogens is 1. The molecule has 190 valence electrons. The van der Waals surface area contributed by atoms with Gasteiger partial charge in [0.1, 0.15) is 12.4 Å². The number of aromatic nitrogens is 2. The molecule has 0 spiro atoms. The minimum Gasteiger partial charge on any atom is -0.493 e. The van der Waals surface area contributed by atoms with Crippen molar-refractivity contribution in [3.63, 3.8) is 0 Å². The summed E-state index contributed by atoms with van der Waals surface area (Å²) in [6, 6.07) is 19.4. The first-order chi connectivity index (χ1) is 18.0. The second kappa shape index (κ2) is 11.3. The normalized spacial score (nSPS) is 14.4. The largest absolute Gasteiger partial charge is 0.493 e. The van der Waals surface area contributed by atoms with Crippen LogP contribution in [0.25, 0.3) is 10.9 Å². The molecule has 0 aliphatic heterocycles. The Bertz CT molecular complexity index is 1490. The van der Waals surface area contributed by atoms with Crippen LogP contribution in [-0.2, 0) is 6.61 Å². The van der Waals surface area contributed by atoms with Gasteiger partial charge >= 0.3 is 0 Å². The Morgan fingerprint density at radius 2 is 1.81 bits per heavy atom. The van der Waals surface area contributed by atoms with Gasteiger partial charge < -0.3 is 9.47 Å². The molecule has 1 fully saturated rings. The monoisotopic (exact) mass is 559 g/mol. The molecule has 37 heavy (non-hydrogen) atoms. The van der Waals surface area contributed by atoms with Crippen LogP contribution in [0.1, 0.15) is 60.5 Å². The number of fused-ring (bicyclic) bond motifs is 1. The molecule has 1 saturated carbocycles. The second-order valence-corrected chi connectivity index (χ2v) is 10.3. The number of hydrogen-bond donors (Lipinski definition) is 0. The first-order valence-corrected chi connectivity index (χ1v) is 13.4. The number of benzene rings is 3. The van der Waals surface area contributed by atoms with Crippen molar-refractivity contribution in [1.82, 2.24) is 9.66 Å². The van der Waals surface area contributed by atoms with E-state index < -0.39 is 0 Å². The van der Waals surface area contributed by atoms with Crippen molar-refractivity contribution < 1.29 is 9.47 Å². The highest BCUT2D eigenvalue weighted by Gasteiger charge is 2.22. The predicted octanol–water partition coefficient (Wildman–Crippen LogP) is 6.98. The Kier molecular flexibility index (Phi) is 7.70. The fraction of sp³-hybridized carbons (Fsp3) is 0.300. The fourth-order valence-corrected chi connectivity index (χ4v) is 5.19. The Hall–Kier alpha value is -3.45. The zero-order valence-corrected chi connectivity index (χ0v) is 22.7. The summed E-state index contributed by atoms with van der Waals surface area (Å²) < 4.78 is 13.9. The van der Waals surface area contributed by atoms with Gasteiger partial charge in [0.15, 0.2) is 11.5 Å². The van der Waals surface area contributed by atoms with Gasteiger partial charge in [-0.2, -0.15) is 9.78 Å². The molecule has 1 heterocycles. The molecule has 1 aromatic heterocycles. The first-order valence-electron chi connectivity index (χ1n) is 12.7. The van der Waals surface area contributed by atoms with Gasteiger partial charge in [-0.15, -0.1) is 0 Å². The van der Waals surface area contributed by atoms with E-state index in [9.17, 15) is 4.79 Å². The van der Waals surface area contributed by atoms with Crippen molar-refractivity contribution in [2.45, 2.75) is 51.6 Å². The van der Waals surface area contributed by atoms with E-state index in [0.717, 1.165) is 52.6 Å². The molecule has 1 aliphatic carbocycles. The average Bonchev–Trinajstić information content (AvgIpc) is 2.93. The van der Waals surface area contributed by atoms with E-state index in [4.69, 9.17) is 14.5 Å². The highest BCUT2D eigenvalue weighted by atomic mass is 79.9. The molecule has 0 bridgehead atoms. The van der Waals surface area contributed by atoms with Gasteiger partial charge in [0.2, 0.25) is 0 Å². The molecular weight excluding hydrogens is 530 g/mol. The minimum absolute atomic E-state index is 0.149. The fourth-order valence-electron chi connectivity index (χ4n) is 4.76. The topological polar surface area (TPSA) is 65.7 Å². The average molecular weight is 560 g/mol. The Morgan fingerprint density at radius 3 is 2.57 bits per heavy atom. The van der Waals surface area contributed by atoms with E-state index in [0.29, 0.717) is 23.5 Å². The lowest BCUT2D eigenvalue weighted by atomic mass is 9.88. The number of aryl methyl sites for hydroxylation is 1. The third-order valence-electron chi connectivity index (χ3n) is 6.86. The van der Waals surface area contributed by atoms with Gasteiger partial charge in [-0.05, 0) is 65.5 Å². The molecule has 1 aliphatic rings. The Balaban J connectivity index is 1.48. The Morgan fingerprint density at radius 1 is 1.05 bits per heavy atom. The third-order valence-corrected chi connectivity index (χ3v) is 7.55. The smallest absolute Gasteiger partial charge is 0.282 e. The molecule has 0 saturated heterocycles. The molecule has 4 aromatic rings. The number of methoxy groups -OCH3 is 1. The summed E-state index contributed by atoms with van der Waals surface area (Å²) in [6.07, 6.45) is 7.23. The molecule has 0 radical (unpaired) electrons. The molecular formula is C30H30BrN3O3. The summed E-state index contributed by atoms with van der Waals surface area (Å²) in [5.41, 5.74) is 3.63. The van der Waals surface area contributed by atoms with Crippen LogP contribution in [-0.4, -0.2) is 23.0 Å². The SMILES string of the molecule is COc1cc(C=Nn2c(C3CCCCC3)nc3ccccc3c2=O)c(Br)cc1OCc1ccc(C)cc1. The van der Waals surface area contributed by atoms with Crippen LogP contribution in [0.15, 0.2) is 75.0 Å². The maximum atomic E-state index is 13.5. The van der Waals surface area contributed by atoms with Crippen LogP contribution < -0.4 is 15.0 Å². The van der Waals surface area contributed by atoms with Gasteiger partial charge in [0.25, 0.3) is 5.56 Å². The third kappa shape index (κ3) is 5.62. The number of ether oxygens (including phenoxy) is 2. The molecule has 7 heteroatoms. The predicted molar refractivity (Wildman–Crippen MR) is 151 cm³/mol. The zero-order valence-electron chi connectivity index (χ0n) is 21.1. The summed E-state index contributed by atoms with van der Waals surface area (Å²) in [4.78, 5) is 18.4. The van der Waals surface area contributed by atoms with E-state index in [1.165, 1.54) is 16.7 Å². The standard InChI is InChI=1S/C30H30BrN3O3/c1-20-12-14-21(15-13-20)19-37-28-17-25(31)23(16-27(28)36-2)18-32-34-29(22-8-4-3-5-9-22)33-26-11-7-6-10-24(26)30(34)35/h6-7,10-18,22H,3-5,8-9,19H2,1-2H3. The van der Waals surface area contributed by atoms with Crippen molar-refractivity contribution in [2.24, 2.45) is 5.10 Å². The van der Waals surface area contributed by atoms with Gasteiger partial charge in [-0.25, -0.2) is 4.98 Å². The highest BCUT2D eigenvalue weighted by molar-refractivity contribution is 9.10. The van der Waals surface area contributed by atoms with Crippen molar-refractivity contribution in [2.75, 3.05) is 7.11 Å². The summed E-state index contributed by atoms with van der Waals surface area (Å²) in [6.45, 7) is 2.49. The van der Waals surface area contributed by atoms with Crippen molar-refractivity contribution in [3.05, 3.63) is 98.0 Å². The lowest BCUT2D eigenvalue weighted by molar-refractivity contribution is 0.284. The summed E-state index contributed by atoms with van der Waals surface area (Å²) in [7, 11) is 1.61. The van der Waals surface area contributed by atoms with Crippen LogP contribution in [0.4, 0.5) is 0 Å². The van der Waals surface area contributed by atoms with E-state index >= 15 is 0 Å². The number of hydrogen-bond acceptors (Lipinski definition) is 5. The lowest BCUT2D eigenvalue weighted by Crippen LogP contribution is -2.25. The van der Waals surface area contributed by atoms with Crippen molar-refractivity contribution >= 4 is 33.0 Å². The van der Waals surface area contributed by atoms with Crippen LogP contribution in [0.2, 0.25) is 0 Å². The van der Waals surface area contributed by atoms with Gasteiger partial charge in [-0.1, -0.05) is 61.2 Å². The van der Waals surface area contributed by atoms with Gasteiger partial charge in [0.05, 0.1) is 24.2 Å². The van der Waals surface area contributed by atoms with Crippen LogP contribution in [0, 0.1) is 6.92 Å². The summed E-state index contributed by atoms with van der Waals surface area (Å²) in [5, 5.41) is 5.22. The van der Waals surface area contributed by atoms with E-state index in [1.807, 2.05) is 30.3 Å². The molecule has 6 nitrogen and oxygen atoms in total. The maximum Gasteiger partial charge on any atom is 0.282 e. The highest BCUT2D eigenvalue weighted by Crippen LogP contribution is 2.34. The van der Waals surface area contributed by atoms with E-state index in [2.05, 4.69) is 52.2 Å². The molecule has 0 unspecified atom stereocenters. The molecule has 5 rings (SSSR count). The van der Waals surface area contributed by atoms with Crippen LogP contribution >= 0.6 is 15.9 Å². The molecule has 0 amide bonds. The van der Waals surface area contributed by atoms with E-state index in [-0.39, 0.29) is 11.5 Å². The van der Waals surface area contributed by atoms with Gasteiger partial charge in [0, 0.05) is 16.0 Å². The van der Waals surface area contributed by atoms with Crippen LogP contribution in [0.3, 0.4) is 0 Å². The van der Waals surface area contributed by atoms with E-state index in [1.54, 1.807) is 19.4 Å². The maximum absolute atomic E-state index is 13.5. The quantitative estimate of drug-likeness (QED) is 0.229. The second-order valence-electron chi connectivity index (χ2n) is 9.48. The first kappa shape index (κ1) is 25.2. The molecule has 0 N–H and O–H groups in total. The zero-order chi connectivity index (χ0) is 25.8. The molecule has 3 aromatic carbocycles. The van der Waals surface area contributed by atoms with Crippen LogP contribution in [0.5, 0.6) is 11.5 Å². The van der Waals surface area contributed by atoms with Gasteiger partial charge in [-0.3, -0.25) is 4.79 Å². The lowest BCUT2D eigenvalue weighted by Gasteiger charge is -2.22. The number of rotatable bonds is 7. The number of nitrogens with zero attached hydrogens (tertiary/aromatic N) is 3. The Labute approximate surface area is 225 Å². The summed E-state index contributed by atoms with van der Waals surface area (Å²) >= 11 is 3.64.